The van der Waals surface area contributed by atoms with Crippen LogP contribution < -0.4 is 5.32 Å². The molecule has 2 amide bonds. The Labute approximate surface area is 103 Å². The normalized spacial score (nSPS) is 16.1. The minimum atomic E-state index is -0.787. The fraction of sp³-hybridized carbons (Fsp3) is 0.333. The monoisotopic (exact) mass is 252 g/mol. The van der Waals surface area contributed by atoms with Gasteiger partial charge in [-0.3, -0.25) is 9.59 Å². The summed E-state index contributed by atoms with van der Waals surface area (Å²) in [7, 11) is 0. The predicted molar refractivity (Wildman–Crippen MR) is 61.6 cm³/mol. The van der Waals surface area contributed by atoms with E-state index in [0.717, 1.165) is 6.07 Å². The molecule has 0 bridgehead atoms. The van der Waals surface area contributed by atoms with Crippen molar-refractivity contribution < 1.29 is 19.1 Å². The maximum atomic E-state index is 13.5. The maximum Gasteiger partial charge on any atom is 0.261 e. The molecule has 1 aliphatic rings. The highest BCUT2D eigenvalue weighted by molar-refractivity contribution is 5.99. The van der Waals surface area contributed by atoms with Gasteiger partial charge in [0, 0.05) is 13.1 Å². The first kappa shape index (κ1) is 12.3. The van der Waals surface area contributed by atoms with Gasteiger partial charge in [-0.1, -0.05) is 6.07 Å². The van der Waals surface area contributed by atoms with Crippen molar-refractivity contribution in [2.24, 2.45) is 0 Å². The van der Waals surface area contributed by atoms with E-state index < -0.39 is 17.5 Å². The van der Waals surface area contributed by atoms with E-state index in [-0.39, 0.29) is 18.0 Å². The van der Waals surface area contributed by atoms with Crippen LogP contribution in [0.15, 0.2) is 18.2 Å². The van der Waals surface area contributed by atoms with Gasteiger partial charge in [0.25, 0.3) is 5.91 Å². The van der Waals surface area contributed by atoms with Crippen LogP contribution in [0.5, 0.6) is 5.75 Å². The van der Waals surface area contributed by atoms with Crippen molar-refractivity contribution in [3.63, 3.8) is 0 Å². The van der Waals surface area contributed by atoms with E-state index in [2.05, 4.69) is 5.32 Å². The van der Waals surface area contributed by atoms with Crippen molar-refractivity contribution in [1.29, 1.82) is 0 Å². The fourth-order valence-electron chi connectivity index (χ4n) is 1.86. The predicted octanol–water partition coefficient (Wildman–Crippen LogP) is 0.493. The molecule has 1 heterocycles. The van der Waals surface area contributed by atoms with Crippen molar-refractivity contribution in [1.82, 2.24) is 10.2 Å². The lowest BCUT2D eigenvalue weighted by Gasteiger charge is -2.19. The number of amides is 2. The Morgan fingerprint density at radius 2 is 2.22 bits per heavy atom. The second kappa shape index (κ2) is 5.03. The second-order valence-corrected chi connectivity index (χ2v) is 4.06. The number of aromatic hydroxyl groups is 1. The average Bonchev–Trinajstić information content (AvgIpc) is 2.53. The average molecular weight is 252 g/mol. The third-order valence-corrected chi connectivity index (χ3v) is 2.75. The number of rotatable bonds is 1. The number of nitrogens with zero attached hydrogens (tertiary/aromatic N) is 1. The van der Waals surface area contributed by atoms with E-state index in [4.69, 9.17) is 0 Å². The first-order chi connectivity index (χ1) is 8.59. The molecule has 1 fully saturated rings. The van der Waals surface area contributed by atoms with Gasteiger partial charge >= 0.3 is 0 Å². The van der Waals surface area contributed by atoms with Crippen LogP contribution in [0.25, 0.3) is 0 Å². The Hall–Kier alpha value is -2.11. The minimum Gasteiger partial charge on any atom is -0.507 e. The largest absolute Gasteiger partial charge is 0.507 e. The molecule has 0 unspecified atom stereocenters. The molecule has 0 spiro atoms. The molecule has 1 aliphatic heterocycles. The molecule has 0 radical (unpaired) electrons. The van der Waals surface area contributed by atoms with Crippen molar-refractivity contribution in [3.8, 4) is 5.75 Å². The lowest BCUT2D eigenvalue weighted by molar-refractivity contribution is -0.121. The summed E-state index contributed by atoms with van der Waals surface area (Å²) in [5.41, 5.74) is -0.382. The van der Waals surface area contributed by atoms with Crippen molar-refractivity contribution in [3.05, 3.63) is 29.6 Å². The van der Waals surface area contributed by atoms with Crippen LogP contribution in [0.4, 0.5) is 4.39 Å². The van der Waals surface area contributed by atoms with E-state index >= 15 is 0 Å². The highest BCUT2D eigenvalue weighted by Gasteiger charge is 2.25. The SMILES string of the molecule is O=C1CN(C(=O)c2c(O)cccc2F)CCCN1. The zero-order valence-electron chi connectivity index (χ0n) is 9.65. The maximum absolute atomic E-state index is 13.5. The first-order valence-corrected chi connectivity index (χ1v) is 5.63. The molecule has 6 heteroatoms. The third kappa shape index (κ3) is 2.42. The van der Waals surface area contributed by atoms with Gasteiger partial charge < -0.3 is 15.3 Å². The van der Waals surface area contributed by atoms with Gasteiger partial charge in [0.2, 0.25) is 5.91 Å². The summed E-state index contributed by atoms with van der Waals surface area (Å²) in [6, 6.07) is 3.66. The molecule has 0 aliphatic carbocycles. The van der Waals surface area contributed by atoms with E-state index in [1.165, 1.54) is 17.0 Å². The van der Waals surface area contributed by atoms with E-state index in [1.54, 1.807) is 0 Å². The van der Waals surface area contributed by atoms with Gasteiger partial charge in [-0.05, 0) is 18.6 Å². The molecule has 5 nitrogen and oxygen atoms in total. The number of carbonyl (C=O) groups excluding carboxylic acids is 2. The van der Waals surface area contributed by atoms with E-state index in [0.29, 0.717) is 19.5 Å². The van der Waals surface area contributed by atoms with Crippen LogP contribution in [-0.2, 0) is 4.79 Å². The number of halogens is 1. The minimum absolute atomic E-state index is 0.118. The highest BCUT2D eigenvalue weighted by atomic mass is 19.1. The summed E-state index contributed by atoms with van der Waals surface area (Å²) < 4.78 is 13.5. The Balaban J connectivity index is 2.27. The Bertz CT molecular complexity index is 470. The molecular formula is C12H13FN2O3. The number of nitrogens with one attached hydrogen (secondary N) is 1. The van der Waals surface area contributed by atoms with Crippen LogP contribution in [-0.4, -0.2) is 41.5 Å². The van der Waals surface area contributed by atoms with Crippen molar-refractivity contribution in [2.45, 2.75) is 6.42 Å². The standard InChI is InChI=1S/C12H13FN2O3/c13-8-3-1-4-9(16)11(8)12(18)15-6-2-5-14-10(17)7-15/h1,3-4,16H,2,5-7H2,(H,14,17). The first-order valence-electron chi connectivity index (χ1n) is 5.63. The summed E-state index contributed by atoms with van der Waals surface area (Å²) in [6.07, 6.45) is 0.604. The second-order valence-electron chi connectivity index (χ2n) is 4.06. The Morgan fingerprint density at radius 1 is 1.44 bits per heavy atom. The lowest BCUT2D eigenvalue weighted by atomic mass is 10.1. The number of hydrogen-bond donors (Lipinski definition) is 2. The van der Waals surface area contributed by atoms with Crippen molar-refractivity contribution >= 4 is 11.8 Å². The number of carbonyl (C=O) groups is 2. The molecule has 2 N–H and O–H groups in total. The third-order valence-electron chi connectivity index (χ3n) is 2.75. The molecule has 18 heavy (non-hydrogen) atoms. The zero-order valence-corrected chi connectivity index (χ0v) is 9.65. The van der Waals surface area contributed by atoms with Gasteiger partial charge in [-0.25, -0.2) is 4.39 Å². The zero-order chi connectivity index (χ0) is 13.1. The summed E-state index contributed by atoms with van der Waals surface area (Å²) in [5, 5.41) is 12.2. The summed E-state index contributed by atoms with van der Waals surface area (Å²) in [5.74, 6) is -2.14. The topological polar surface area (TPSA) is 69.6 Å². The van der Waals surface area contributed by atoms with Crippen LogP contribution in [0.2, 0.25) is 0 Å². The summed E-state index contributed by atoms with van der Waals surface area (Å²) in [4.78, 5) is 24.7. The molecule has 1 aromatic rings. The highest BCUT2D eigenvalue weighted by Crippen LogP contribution is 2.21. The molecule has 1 saturated heterocycles. The van der Waals surface area contributed by atoms with Crippen LogP contribution in [0.1, 0.15) is 16.8 Å². The molecule has 2 rings (SSSR count). The Morgan fingerprint density at radius 3 is 2.94 bits per heavy atom. The van der Waals surface area contributed by atoms with Crippen LogP contribution in [0.3, 0.4) is 0 Å². The van der Waals surface area contributed by atoms with Gasteiger partial charge in [0.05, 0.1) is 6.54 Å². The number of phenols is 1. The van der Waals surface area contributed by atoms with E-state index in [9.17, 15) is 19.1 Å². The molecule has 0 atom stereocenters. The lowest BCUT2D eigenvalue weighted by Crippen LogP contribution is -2.37. The number of phenolic OH excluding ortho intramolecular Hbond substituents is 1. The molecule has 96 valence electrons. The Kier molecular flexibility index (Phi) is 3.45. The van der Waals surface area contributed by atoms with Gasteiger partial charge in [0.1, 0.15) is 17.1 Å². The van der Waals surface area contributed by atoms with E-state index in [1.807, 2.05) is 0 Å². The summed E-state index contributed by atoms with van der Waals surface area (Å²) >= 11 is 0. The summed E-state index contributed by atoms with van der Waals surface area (Å²) in [6.45, 7) is 0.726. The number of hydrogen-bond acceptors (Lipinski definition) is 3. The molecule has 0 saturated carbocycles. The molecule has 0 aromatic heterocycles. The number of benzene rings is 1. The van der Waals surface area contributed by atoms with Gasteiger partial charge in [0.15, 0.2) is 0 Å². The smallest absolute Gasteiger partial charge is 0.261 e. The molecule has 1 aromatic carbocycles. The van der Waals surface area contributed by atoms with Gasteiger partial charge in [-0.15, -0.1) is 0 Å². The van der Waals surface area contributed by atoms with Crippen LogP contribution in [0, 0.1) is 5.82 Å². The van der Waals surface area contributed by atoms with Crippen LogP contribution >= 0.6 is 0 Å². The van der Waals surface area contributed by atoms with Gasteiger partial charge in [-0.2, -0.15) is 0 Å². The fourth-order valence-corrected chi connectivity index (χ4v) is 1.86. The molecular weight excluding hydrogens is 239 g/mol. The quantitative estimate of drug-likeness (QED) is 0.764. The van der Waals surface area contributed by atoms with Crippen molar-refractivity contribution in [2.75, 3.05) is 19.6 Å².